The molecule has 0 aliphatic rings. The van der Waals surface area contributed by atoms with Crippen molar-refractivity contribution in [2.75, 3.05) is 20.3 Å². The molecule has 1 N–H and O–H groups in total. The van der Waals surface area contributed by atoms with Crippen molar-refractivity contribution in [3.05, 3.63) is 12.7 Å². The van der Waals surface area contributed by atoms with E-state index in [1.54, 1.807) is 21.0 Å². The van der Waals surface area contributed by atoms with Gasteiger partial charge in [0.1, 0.15) is 6.10 Å². The summed E-state index contributed by atoms with van der Waals surface area (Å²) in [4.78, 5) is 30.1. The van der Waals surface area contributed by atoms with Gasteiger partial charge in [-0.1, -0.05) is 27.4 Å². The standard InChI is InChI=1S/C8H16O2.C6H12O3.C3H4O2/c1-4-8(9)10-6-5-7(2)3;1-5(4-8-3)9-6(2)7;1-2-3(4)5/h7H,4-6H2,1-3H3;5H,4H2,1-3H3;2H,1H2,(H,4,5). The molecule has 0 radical (unpaired) electrons. The van der Waals surface area contributed by atoms with Crippen molar-refractivity contribution in [3.8, 4) is 0 Å². The Balaban J connectivity index is -0.000000291. The second kappa shape index (κ2) is 19.2. The van der Waals surface area contributed by atoms with Gasteiger partial charge in [0.25, 0.3) is 0 Å². The normalized spacial score (nSPS) is 10.3. The number of ether oxygens (including phenoxy) is 3. The van der Waals surface area contributed by atoms with Crippen molar-refractivity contribution in [1.82, 2.24) is 0 Å². The van der Waals surface area contributed by atoms with Gasteiger partial charge in [0.05, 0.1) is 13.2 Å². The Kier molecular flexibility index (Phi) is 21.5. The molecule has 0 aromatic heterocycles. The predicted octanol–water partition coefficient (Wildman–Crippen LogP) is 2.83. The number of esters is 2. The van der Waals surface area contributed by atoms with Crippen LogP contribution in [-0.4, -0.2) is 49.4 Å². The van der Waals surface area contributed by atoms with Crippen LogP contribution in [0, 0.1) is 5.92 Å². The Bertz CT molecular complexity index is 351. The highest BCUT2D eigenvalue weighted by atomic mass is 16.6. The first-order valence-electron chi connectivity index (χ1n) is 7.77. The van der Waals surface area contributed by atoms with Crippen LogP contribution in [0.4, 0.5) is 0 Å². The molecule has 0 aromatic carbocycles. The van der Waals surface area contributed by atoms with Gasteiger partial charge >= 0.3 is 17.9 Å². The van der Waals surface area contributed by atoms with E-state index >= 15 is 0 Å². The van der Waals surface area contributed by atoms with Gasteiger partial charge in [-0.15, -0.1) is 0 Å². The zero-order chi connectivity index (χ0) is 19.5. The summed E-state index contributed by atoms with van der Waals surface area (Å²) in [5.74, 6) is -0.727. The highest BCUT2D eigenvalue weighted by molar-refractivity contribution is 5.78. The maximum absolute atomic E-state index is 10.6. The number of methoxy groups -OCH3 is 1. The van der Waals surface area contributed by atoms with Crippen LogP contribution >= 0.6 is 0 Å². The van der Waals surface area contributed by atoms with Crippen LogP contribution < -0.4 is 0 Å². The lowest BCUT2D eigenvalue weighted by Gasteiger charge is -2.08. The summed E-state index contributed by atoms with van der Waals surface area (Å²) in [5.41, 5.74) is 0. The van der Waals surface area contributed by atoms with Crippen molar-refractivity contribution in [2.24, 2.45) is 5.92 Å². The molecule has 0 saturated carbocycles. The molecular weight excluding hydrogens is 316 g/mol. The number of hydrogen-bond donors (Lipinski definition) is 1. The Morgan fingerprint density at radius 2 is 1.71 bits per heavy atom. The number of carbonyl (C=O) groups is 3. The highest BCUT2D eigenvalue weighted by Gasteiger charge is 2.02. The average molecular weight is 348 g/mol. The zero-order valence-electron chi connectivity index (χ0n) is 15.7. The minimum absolute atomic E-state index is 0.0966. The van der Waals surface area contributed by atoms with E-state index < -0.39 is 5.97 Å². The van der Waals surface area contributed by atoms with E-state index in [4.69, 9.17) is 19.3 Å². The van der Waals surface area contributed by atoms with Crippen molar-refractivity contribution < 1.29 is 33.7 Å². The lowest BCUT2D eigenvalue weighted by atomic mass is 10.1. The number of carboxylic acid groups (broad SMARTS) is 1. The summed E-state index contributed by atoms with van der Waals surface area (Å²) < 4.78 is 14.3. The molecule has 0 aliphatic carbocycles. The zero-order valence-corrected chi connectivity index (χ0v) is 15.7. The van der Waals surface area contributed by atoms with Gasteiger partial charge in [0, 0.05) is 26.5 Å². The molecule has 1 atom stereocenters. The molecular formula is C17H32O7. The minimum atomic E-state index is -0.981. The Morgan fingerprint density at radius 1 is 1.21 bits per heavy atom. The van der Waals surface area contributed by atoms with Crippen LogP contribution in [-0.2, 0) is 28.6 Å². The van der Waals surface area contributed by atoms with Crippen LogP contribution in [0.5, 0.6) is 0 Å². The molecule has 142 valence electrons. The fourth-order valence-electron chi connectivity index (χ4n) is 1.06. The monoisotopic (exact) mass is 348 g/mol. The Labute approximate surface area is 145 Å². The van der Waals surface area contributed by atoms with Crippen molar-refractivity contribution in [2.45, 2.75) is 53.6 Å². The van der Waals surface area contributed by atoms with Crippen molar-refractivity contribution in [3.63, 3.8) is 0 Å². The van der Waals surface area contributed by atoms with Crippen LogP contribution in [0.25, 0.3) is 0 Å². The average Bonchev–Trinajstić information content (AvgIpc) is 2.47. The third-order valence-corrected chi connectivity index (χ3v) is 2.19. The highest BCUT2D eigenvalue weighted by Crippen LogP contribution is 1.99. The Morgan fingerprint density at radius 3 is 2.00 bits per heavy atom. The van der Waals surface area contributed by atoms with Gasteiger partial charge in [-0.05, 0) is 19.3 Å². The molecule has 1 unspecified atom stereocenters. The lowest BCUT2D eigenvalue weighted by Crippen LogP contribution is -2.17. The molecule has 0 heterocycles. The summed E-state index contributed by atoms with van der Waals surface area (Å²) in [5, 5.41) is 7.60. The fourth-order valence-corrected chi connectivity index (χ4v) is 1.06. The van der Waals surface area contributed by atoms with Crippen LogP contribution in [0.2, 0.25) is 0 Å². The number of carbonyl (C=O) groups excluding carboxylic acids is 2. The maximum Gasteiger partial charge on any atom is 0.327 e. The number of aliphatic carboxylic acids is 1. The quantitative estimate of drug-likeness (QED) is 0.532. The third kappa shape index (κ3) is 32.2. The maximum atomic E-state index is 10.6. The van der Waals surface area contributed by atoms with Gasteiger partial charge in [-0.3, -0.25) is 9.59 Å². The molecule has 0 aromatic rings. The van der Waals surface area contributed by atoms with Crippen LogP contribution in [0.3, 0.4) is 0 Å². The second-order valence-electron chi connectivity index (χ2n) is 5.17. The van der Waals surface area contributed by atoms with E-state index in [2.05, 4.69) is 20.4 Å². The summed E-state index contributed by atoms with van der Waals surface area (Å²) in [6, 6.07) is 0. The molecule has 24 heavy (non-hydrogen) atoms. The molecule has 0 saturated heterocycles. The smallest absolute Gasteiger partial charge is 0.327 e. The molecule has 0 amide bonds. The molecule has 7 nitrogen and oxygen atoms in total. The van der Waals surface area contributed by atoms with E-state index in [-0.39, 0.29) is 18.0 Å². The van der Waals surface area contributed by atoms with Crippen molar-refractivity contribution in [1.29, 1.82) is 0 Å². The molecule has 0 spiro atoms. The Hall–Kier alpha value is -1.89. The number of rotatable bonds is 8. The van der Waals surface area contributed by atoms with Gasteiger partial charge in [0.2, 0.25) is 0 Å². The third-order valence-electron chi connectivity index (χ3n) is 2.19. The predicted molar refractivity (Wildman–Crippen MR) is 91.6 cm³/mol. The molecule has 0 fully saturated rings. The summed E-state index contributed by atoms with van der Waals surface area (Å²) in [6.07, 6.45) is 2.15. The van der Waals surface area contributed by atoms with Gasteiger partial charge < -0.3 is 19.3 Å². The summed E-state index contributed by atoms with van der Waals surface area (Å²) in [7, 11) is 1.57. The van der Waals surface area contributed by atoms with Gasteiger partial charge in [0.15, 0.2) is 0 Å². The summed E-state index contributed by atoms with van der Waals surface area (Å²) in [6.45, 7) is 13.2. The largest absolute Gasteiger partial charge is 0.478 e. The molecule has 0 aliphatic heterocycles. The first-order chi connectivity index (χ1) is 11.1. The lowest BCUT2D eigenvalue weighted by molar-refractivity contribution is -0.147. The van der Waals surface area contributed by atoms with E-state index in [0.29, 0.717) is 25.6 Å². The SMILES string of the molecule is C=CC(=O)O.CCC(=O)OCCC(C)C.COCC(C)OC(C)=O. The number of hydrogen-bond acceptors (Lipinski definition) is 6. The van der Waals surface area contributed by atoms with E-state index in [9.17, 15) is 14.4 Å². The van der Waals surface area contributed by atoms with Crippen LogP contribution in [0.1, 0.15) is 47.5 Å². The van der Waals surface area contributed by atoms with E-state index in [1.165, 1.54) is 6.92 Å². The van der Waals surface area contributed by atoms with E-state index in [0.717, 1.165) is 12.5 Å². The van der Waals surface area contributed by atoms with Crippen molar-refractivity contribution >= 4 is 17.9 Å². The number of carboxylic acids is 1. The summed E-state index contributed by atoms with van der Waals surface area (Å²) >= 11 is 0. The molecule has 0 rings (SSSR count). The second-order valence-corrected chi connectivity index (χ2v) is 5.17. The van der Waals surface area contributed by atoms with E-state index in [1.807, 2.05) is 0 Å². The molecule has 7 heteroatoms. The fraction of sp³-hybridized carbons (Fsp3) is 0.706. The first-order valence-corrected chi connectivity index (χ1v) is 7.77. The topological polar surface area (TPSA) is 99.1 Å². The first kappa shape index (κ1) is 27.0. The molecule has 0 bridgehead atoms. The van der Waals surface area contributed by atoms with Crippen LogP contribution in [0.15, 0.2) is 12.7 Å². The van der Waals surface area contributed by atoms with Gasteiger partial charge in [-0.25, -0.2) is 4.79 Å². The minimum Gasteiger partial charge on any atom is -0.478 e. The van der Waals surface area contributed by atoms with Gasteiger partial charge in [-0.2, -0.15) is 0 Å².